The van der Waals surface area contributed by atoms with Crippen LogP contribution in [-0.4, -0.2) is 34.9 Å². The number of hydrogen-bond donors (Lipinski definition) is 0. The minimum atomic E-state index is -0.643. The summed E-state index contributed by atoms with van der Waals surface area (Å²) in [5.41, 5.74) is 0.697. The average Bonchev–Trinajstić information content (AvgIpc) is 2.97. The molecule has 0 N–H and O–H groups in total. The van der Waals surface area contributed by atoms with E-state index in [4.69, 9.17) is 9.47 Å². The summed E-state index contributed by atoms with van der Waals surface area (Å²) in [6.45, 7) is 0. The molecule has 9 nitrogen and oxygen atoms in total. The summed E-state index contributed by atoms with van der Waals surface area (Å²) in [6, 6.07) is 26.5. The zero-order chi connectivity index (χ0) is 26.6. The van der Waals surface area contributed by atoms with Gasteiger partial charge in [-0.05, 0) is 60.2 Å². The topological polar surface area (TPSA) is 112 Å². The SMILES string of the molecule is COc1ccc(-c2cc3c(C#N)c(=O)n(-c4ccc(OC)cc4)nc3c(=O)n2/N=C\c2ccccc2)cc1. The summed E-state index contributed by atoms with van der Waals surface area (Å²) in [5, 5.41) is 18.9. The van der Waals surface area contributed by atoms with E-state index in [0.29, 0.717) is 28.4 Å². The molecular weight excluding hydrogens is 482 g/mol. The lowest BCUT2D eigenvalue weighted by Crippen LogP contribution is -2.29. The molecule has 0 fully saturated rings. The van der Waals surface area contributed by atoms with Crippen molar-refractivity contribution in [3.8, 4) is 34.5 Å². The van der Waals surface area contributed by atoms with Gasteiger partial charge in [0.1, 0.15) is 23.1 Å². The van der Waals surface area contributed by atoms with Gasteiger partial charge in [0.25, 0.3) is 11.1 Å². The van der Waals surface area contributed by atoms with Crippen molar-refractivity contribution in [2.24, 2.45) is 5.10 Å². The highest BCUT2D eigenvalue weighted by Gasteiger charge is 2.19. The number of methoxy groups -OCH3 is 2. The number of nitrogens with zero attached hydrogens (tertiary/aromatic N) is 5. The van der Waals surface area contributed by atoms with E-state index >= 15 is 0 Å². The first-order chi connectivity index (χ1) is 18.5. The van der Waals surface area contributed by atoms with Crippen LogP contribution in [0.2, 0.25) is 0 Å². The lowest BCUT2D eigenvalue weighted by Gasteiger charge is -2.13. The molecule has 0 unspecified atom stereocenters. The monoisotopic (exact) mass is 503 g/mol. The molecule has 5 aromatic rings. The van der Waals surface area contributed by atoms with Crippen LogP contribution in [0, 0.1) is 11.3 Å². The van der Waals surface area contributed by atoms with Crippen LogP contribution < -0.4 is 20.6 Å². The molecule has 0 spiro atoms. The Hall–Kier alpha value is -5.49. The van der Waals surface area contributed by atoms with Gasteiger partial charge in [-0.2, -0.15) is 24.8 Å². The number of fused-ring (bicyclic) bond motifs is 1. The molecular formula is C29H21N5O4. The van der Waals surface area contributed by atoms with E-state index in [0.717, 1.165) is 10.2 Å². The highest BCUT2D eigenvalue weighted by atomic mass is 16.5. The molecule has 0 bridgehead atoms. The van der Waals surface area contributed by atoms with Gasteiger partial charge in [0.05, 0.1) is 31.8 Å². The third kappa shape index (κ3) is 4.42. The van der Waals surface area contributed by atoms with Gasteiger partial charge >= 0.3 is 0 Å². The summed E-state index contributed by atoms with van der Waals surface area (Å²) < 4.78 is 12.7. The Labute approximate surface area is 217 Å². The highest BCUT2D eigenvalue weighted by Crippen LogP contribution is 2.25. The molecule has 0 aliphatic carbocycles. The summed E-state index contributed by atoms with van der Waals surface area (Å²) in [6.07, 6.45) is 1.56. The molecule has 2 aromatic heterocycles. The van der Waals surface area contributed by atoms with Crippen molar-refractivity contribution >= 4 is 17.1 Å². The molecule has 0 aliphatic rings. The van der Waals surface area contributed by atoms with Crippen LogP contribution in [0.15, 0.2) is 99.6 Å². The first-order valence-corrected chi connectivity index (χ1v) is 11.6. The Morgan fingerprint density at radius 3 is 2.11 bits per heavy atom. The van der Waals surface area contributed by atoms with Crippen molar-refractivity contribution in [2.75, 3.05) is 14.2 Å². The van der Waals surface area contributed by atoms with E-state index in [1.807, 2.05) is 36.4 Å². The standard InChI is InChI=1S/C29H21N5O4/c1-37-22-12-8-20(9-13-22)26-16-24-25(17-30)28(35)33(21-10-14-23(38-2)15-11-21)32-27(24)29(36)34(26)31-18-19-6-4-3-5-7-19/h3-16,18H,1-2H3/b31-18-. The normalized spacial score (nSPS) is 11.0. The molecule has 3 aromatic carbocycles. The van der Waals surface area contributed by atoms with Crippen molar-refractivity contribution < 1.29 is 9.47 Å². The molecule has 0 saturated carbocycles. The van der Waals surface area contributed by atoms with Crippen LogP contribution in [-0.2, 0) is 0 Å². The molecule has 5 rings (SSSR count). The van der Waals surface area contributed by atoms with Crippen LogP contribution in [0.3, 0.4) is 0 Å². The van der Waals surface area contributed by atoms with Crippen LogP contribution in [0.5, 0.6) is 11.5 Å². The molecule has 2 heterocycles. The fraction of sp³-hybridized carbons (Fsp3) is 0.0690. The van der Waals surface area contributed by atoms with Crippen molar-refractivity contribution in [3.63, 3.8) is 0 Å². The number of ether oxygens (including phenoxy) is 2. The second kappa shape index (κ2) is 10.2. The number of aromatic nitrogens is 3. The Morgan fingerprint density at radius 1 is 0.868 bits per heavy atom. The number of nitriles is 1. The smallest absolute Gasteiger partial charge is 0.299 e. The molecule has 0 atom stereocenters. The third-order valence-electron chi connectivity index (χ3n) is 5.97. The zero-order valence-corrected chi connectivity index (χ0v) is 20.5. The van der Waals surface area contributed by atoms with Gasteiger partial charge in [-0.25, -0.2) is 0 Å². The molecule has 9 heteroatoms. The largest absolute Gasteiger partial charge is 0.497 e. The number of hydrogen-bond acceptors (Lipinski definition) is 7. The fourth-order valence-corrected chi connectivity index (χ4v) is 4.00. The quantitative estimate of drug-likeness (QED) is 0.324. The average molecular weight is 504 g/mol. The maximum Gasteiger partial charge on any atom is 0.299 e. The maximum absolute atomic E-state index is 13.8. The first-order valence-electron chi connectivity index (χ1n) is 11.6. The molecule has 0 aliphatic heterocycles. The van der Waals surface area contributed by atoms with E-state index in [-0.39, 0.29) is 16.5 Å². The molecule has 38 heavy (non-hydrogen) atoms. The van der Waals surface area contributed by atoms with Gasteiger partial charge in [0.2, 0.25) is 0 Å². The van der Waals surface area contributed by atoms with E-state index < -0.39 is 11.1 Å². The van der Waals surface area contributed by atoms with E-state index in [1.165, 1.54) is 11.8 Å². The van der Waals surface area contributed by atoms with Gasteiger partial charge in [0, 0.05) is 10.9 Å². The van der Waals surface area contributed by atoms with E-state index in [2.05, 4.69) is 10.2 Å². The minimum absolute atomic E-state index is 0.0700. The summed E-state index contributed by atoms with van der Waals surface area (Å²) >= 11 is 0. The summed E-state index contributed by atoms with van der Waals surface area (Å²) in [5.74, 6) is 1.22. The van der Waals surface area contributed by atoms with Crippen LogP contribution in [0.25, 0.3) is 27.8 Å². The number of benzene rings is 3. The summed E-state index contributed by atoms with van der Waals surface area (Å²) in [4.78, 5) is 27.1. The zero-order valence-electron chi connectivity index (χ0n) is 20.5. The summed E-state index contributed by atoms with van der Waals surface area (Å²) in [7, 11) is 3.09. The predicted octanol–water partition coefficient (Wildman–Crippen LogP) is 3.99. The van der Waals surface area contributed by atoms with Gasteiger partial charge in [-0.15, -0.1) is 0 Å². The van der Waals surface area contributed by atoms with Crippen molar-refractivity contribution in [1.82, 2.24) is 14.5 Å². The Kier molecular flexibility index (Phi) is 6.53. The van der Waals surface area contributed by atoms with Gasteiger partial charge in [-0.1, -0.05) is 30.3 Å². The van der Waals surface area contributed by atoms with Gasteiger partial charge in [-0.3, -0.25) is 9.59 Å². The first kappa shape index (κ1) is 24.2. The fourth-order valence-electron chi connectivity index (χ4n) is 4.00. The minimum Gasteiger partial charge on any atom is -0.497 e. The van der Waals surface area contributed by atoms with Crippen molar-refractivity contribution in [1.29, 1.82) is 5.26 Å². The number of pyridine rings is 1. The molecule has 0 amide bonds. The van der Waals surface area contributed by atoms with Crippen LogP contribution in [0.4, 0.5) is 0 Å². The highest BCUT2D eigenvalue weighted by molar-refractivity contribution is 5.87. The second-order valence-corrected chi connectivity index (χ2v) is 8.19. The molecule has 186 valence electrons. The van der Waals surface area contributed by atoms with Crippen molar-refractivity contribution in [2.45, 2.75) is 0 Å². The second-order valence-electron chi connectivity index (χ2n) is 8.19. The maximum atomic E-state index is 13.8. The van der Waals surface area contributed by atoms with E-state index in [1.54, 1.807) is 67.9 Å². The number of rotatable bonds is 6. The molecule has 0 saturated heterocycles. The van der Waals surface area contributed by atoms with Gasteiger partial charge < -0.3 is 9.47 Å². The Morgan fingerprint density at radius 2 is 1.50 bits per heavy atom. The molecule has 0 radical (unpaired) electrons. The van der Waals surface area contributed by atoms with Crippen molar-refractivity contribution in [3.05, 3.63) is 117 Å². The lowest BCUT2D eigenvalue weighted by molar-refractivity contribution is 0.414. The van der Waals surface area contributed by atoms with Gasteiger partial charge in [0.15, 0.2) is 5.52 Å². The predicted molar refractivity (Wildman–Crippen MR) is 144 cm³/mol. The van der Waals surface area contributed by atoms with Crippen LogP contribution >= 0.6 is 0 Å². The Bertz CT molecular complexity index is 1820. The van der Waals surface area contributed by atoms with E-state index in [9.17, 15) is 14.9 Å². The third-order valence-corrected chi connectivity index (χ3v) is 5.97. The Balaban J connectivity index is 1.81. The van der Waals surface area contributed by atoms with Crippen LogP contribution in [0.1, 0.15) is 11.1 Å². The lowest BCUT2D eigenvalue weighted by atomic mass is 10.1.